The monoisotopic (exact) mass is 353 g/mol. The highest BCUT2D eigenvalue weighted by atomic mass is 16.2. The van der Waals surface area contributed by atoms with Gasteiger partial charge in [-0.1, -0.05) is 26.0 Å². The molecule has 2 heterocycles. The van der Waals surface area contributed by atoms with Gasteiger partial charge in [-0.05, 0) is 50.5 Å². The molecule has 1 N–H and O–H groups in total. The molecule has 1 saturated heterocycles. The molecule has 3 rings (SSSR count). The number of benzene rings is 1. The average molecular weight is 353 g/mol. The van der Waals surface area contributed by atoms with E-state index in [1.165, 1.54) is 5.56 Å². The van der Waals surface area contributed by atoms with Gasteiger partial charge >= 0.3 is 0 Å². The van der Waals surface area contributed by atoms with E-state index in [0.717, 1.165) is 17.1 Å². The standard InChI is InChI=1S/C21H27N3O2/c1-13(2)17-6-8-18(9-7-17)24-14(3)12-19(15(24)4)21(26)23-11-10-22-20(25)16(23)5/h6-9,12-13,16H,10-11H2,1-5H3,(H,22,25). The molecule has 138 valence electrons. The second-order valence-corrected chi connectivity index (χ2v) is 7.33. The molecule has 2 aromatic rings. The maximum atomic E-state index is 13.0. The number of carbonyl (C=O) groups is 2. The van der Waals surface area contributed by atoms with Gasteiger partial charge in [0.25, 0.3) is 5.91 Å². The van der Waals surface area contributed by atoms with Gasteiger partial charge in [0, 0.05) is 30.2 Å². The minimum Gasteiger partial charge on any atom is -0.353 e. The van der Waals surface area contributed by atoms with Crippen molar-refractivity contribution < 1.29 is 9.59 Å². The Balaban J connectivity index is 1.95. The van der Waals surface area contributed by atoms with Gasteiger partial charge in [0.15, 0.2) is 0 Å². The topological polar surface area (TPSA) is 54.3 Å². The van der Waals surface area contributed by atoms with Crippen LogP contribution in [0.2, 0.25) is 0 Å². The Morgan fingerprint density at radius 2 is 1.85 bits per heavy atom. The van der Waals surface area contributed by atoms with Crippen LogP contribution in [-0.4, -0.2) is 40.4 Å². The minimum atomic E-state index is -0.440. The molecule has 5 heteroatoms. The number of hydrogen-bond donors (Lipinski definition) is 1. The third kappa shape index (κ3) is 3.14. The highest BCUT2D eigenvalue weighted by molar-refractivity contribution is 5.99. The molecule has 5 nitrogen and oxygen atoms in total. The first kappa shape index (κ1) is 18.2. The number of aromatic nitrogens is 1. The smallest absolute Gasteiger partial charge is 0.256 e. The Hall–Kier alpha value is -2.56. The Morgan fingerprint density at radius 1 is 1.19 bits per heavy atom. The zero-order valence-corrected chi connectivity index (χ0v) is 16.2. The zero-order valence-electron chi connectivity index (χ0n) is 16.2. The number of rotatable bonds is 3. The fourth-order valence-corrected chi connectivity index (χ4v) is 3.60. The highest BCUT2D eigenvalue weighted by Crippen LogP contribution is 2.24. The fraction of sp³-hybridized carbons (Fsp3) is 0.429. The first-order valence-corrected chi connectivity index (χ1v) is 9.19. The molecule has 1 aliphatic heterocycles. The van der Waals surface area contributed by atoms with Crippen LogP contribution in [0.15, 0.2) is 30.3 Å². The Kier molecular flexibility index (Phi) is 4.90. The number of amides is 2. The van der Waals surface area contributed by atoms with Crippen LogP contribution in [0.3, 0.4) is 0 Å². The lowest BCUT2D eigenvalue weighted by Crippen LogP contribution is -2.55. The van der Waals surface area contributed by atoms with Crippen LogP contribution in [0.4, 0.5) is 0 Å². The van der Waals surface area contributed by atoms with Crippen molar-refractivity contribution in [3.8, 4) is 5.69 Å². The summed E-state index contributed by atoms with van der Waals surface area (Å²) in [7, 11) is 0. The summed E-state index contributed by atoms with van der Waals surface area (Å²) in [5.41, 5.74) is 4.92. The third-order valence-corrected chi connectivity index (χ3v) is 5.24. The number of carbonyl (C=O) groups excluding carboxylic acids is 2. The zero-order chi connectivity index (χ0) is 19.0. The molecule has 1 aromatic carbocycles. The number of hydrogen-bond acceptors (Lipinski definition) is 2. The van der Waals surface area contributed by atoms with Crippen LogP contribution in [0.1, 0.15) is 54.0 Å². The summed E-state index contributed by atoms with van der Waals surface area (Å²) >= 11 is 0. The second-order valence-electron chi connectivity index (χ2n) is 7.33. The molecule has 2 amide bonds. The van der Waals surface area contributed by atoms with Gasteiger partial charge in [0.1, 0.15) is 6.04 Å². The molecule has 1 fully saturated rings. The number of nitrogens with one attached hydrogen (secondary N) is 1. The van der Waals surface area contributed by atoms with E-state index in [4.69, 9.17) is 0 Å². The van der Waals surface area contributed by atoms with Gasteiger partial charge in [0.05, 0.1) is 5.56 Å². The summed E-state index contributed by atoms with van der Waals surface area (Å²) in [4.78, 5) is 26.6. The highest BCUT2D eigenvalue weighted by Gasteiger charge is 2.31. The normalized spacial score (nSPS) is 17.5. The molecule has 0 bridgehead atoms. The number of nitrogens with zero attached hydrogens (tertiary/aromatic N) is 2. The van der Waals surface area contributed by atoms with Gasteiger partial charge in [0.2, 0.25) is 5.91 Å². The average Bonchev–Trinajstić information content (AvgIpc) is 2.91. The van der Waals surface area contributed by atoms with E-state index < -0.39 is 6.04 Å². The fourth-order valence-electron chi connectivity index (χ4n) is 3.60. The second kappa shape index (κ2) is 6.98. The Morgan fingerprint density at radius 3 is 2.46 bits per heavy atom. The van der Waals surface area contributed by atoms with Crippen molar-refractivity contribution in [2.75, 3.05) is 13.1 Å². The molecule has 0 aliphatic carbocycles. The van der Waals surface area contributed by atoms with Crippen LogP contribution in [0, 0.1) is 13.8 Å². The summed E-state index contributed by atoms with van der Waals surface area (Å²) in [5.74, 6) is 0.313. The van der Waals surface area contributed by atoms with Crippen LogP contribution >= 0.6 is 0 Å². The van der Waals surface area contributed by atoms with Crippen molar-refractivity contribution in [2.45, 2.75) is 46.6 Å². The van der Waals surface area contributed by atoms with Gasteiger partial charge in [-0.25, -0.2) is 0 Å². The van der Waals surface area contributed by atoms with Crippen LogP contribution in [0.25, 0.3) is 5.69 Å². The Labute approximate surface area is 155 Å². The van der Waals surface area contributed by atoms with Gasteiger partial charge in [-0.3, -0.25) is 9.59 Å². The van der Waals surface area contributed by atoms with Crippen LogP contribution < -0.4 is 5.32 Å². The Bertz CT molecular complexity index is 834. The van der Waals surface area contributed by atoms with Crippen molar-refractivity contribution in [3.63, 3.8) is 0 Å². The third-order valence-electron chi connectivity index (χ3n) is 5.24. The maximum Gasteiger partial charge on any atom is 0.256 e. The minimum absolute atomic E-state index is 0.0782. The molecule has 0 saturated carbocycles. The molecule has 1 unspecified atom stereocenters. The van der Waals surface area contributed by atoms with Crippen molar-refractivity contribution in [3.05, 3.63) is 52.8 Å². The quantitative estimate of drug-likeness (QED) is 0.921. The lowest BCUT2D eigenvalue weighted by Gasteiger charge is -2.32. The lowest BCUT2D eigenvalue weighted by molar-refractivity contribution is -0.127. The van der Waals surface area contributed by atoms with E-state index in [1.54, 1.807) is 11.8 Å². The maximum absolute atomic E-state index is 13.0. The van der Waals surface area contributed by atoms with Crippen molar-refractivity contribution in [2.24, 2.45) is 0 Å². The summed E-state index contributed by atoms with van der Waals surface area (Å²) in [5, 5.41) is 2.80. The summed E-state index contributed by atoms with van der Waals surface area (Å²) in [6.45, 7) is 11.1. The van der Waals surface area contributed by atoms with Crippen molar-refractivity contribution >= 4 is 11.8 Å². The SMILES string of the molecule is Cc1cc(C(=O)N2CCNC(=O)C2C)c(C)n1-c1ccc(C(C)C)cc1. The van der Waals surface area contributed by atoms with Crippen molar-refractivity contribution in [1.29, 1.82) is 0 Å². The van der Waals surface area contributed by atoms with Gasteiger partial charge in [-0.15, -0.1) is 0 Å². The predicted octanol–water partition coefficient (Wildman–Crippen LogP) is 3.18. The first-order chi connectivity index (χ1) is 12.3. The number of piperazine rings is 1. The van der Waals surface area contributed by atoms with E-state index >= 15 is 0 Å². The van der Waals surface area contributed by atoms with Crippen molar-refractivity contribution in [1.82, 2.24) is 14.8 Å². The molecule has 26 heavy (non-hydrogen) atoms. The molecule has 1 atom stereocenters. The van der Waals surface area contributed by atoms with E-state index in [-0.39, 0.29) is 11.8 Å². The molecular weight excluding hydrogens is 326 g/mol. The summed E-state index contributed by atoms with van der Waals surface area (Å²) in [6, 6.07) is 9.95. The summed E-state index contributed by atoms with van der Waals surface area (Å²) < 4.78 is 2.10. The lowest BCUT2D eigenvalue weighted by atomic mass is 10.0. The van der Waals surface area contributed by atoms with E-state index in [9.17, 15) is 9.59 Å². The molecule has 0 spiro atoms. The van der Waals surface area contributed by atoms with Gasteiger partial charge < -0.3 is 14.8 Å². The predicted molar refractivity (Wildman–Crippen MR) is 103 cm³/mol. The van der Waals surface area contributed by atoms with Gasteiger partial charge in [-0.2, -0.15) is 0 Å². The first-order valence-electron chi connectivity index (χ1n) is 9.19. The van der Waals surface area contributed by atoms with Crippen LogP contribution in [-0.2, 0) is 4.79 Å². The van der Waals surface area contributed by atoms with Crippen LogP contribution in [0.5, 0.6) is 0 Å². The molecule has 1 aliphatic rings. The molecule has 1 aromatic heterocycles. The number of aryl methyl sites for hydroxylation is 1. The van der Waals surface area contributed by atoms with E-state index in [1.807, 2.05) is 19.9 Å². The van der Waals surface area contributed by atoms with E-state index in [2.05, 4.69) is 48.0 Å². The van der Waals surface area contributed by atoms with E-state index in [0.29, 0.717) is 24.6 Å². The molecular formula is C21H27N3O2. The summed E-state index contributed by atoms with van der Waals surface area (Å²) in [6.07, 6.45) is 0. The largest absolute Gasteiger partial charge is 0.353 e. The molecule has 0 radical (unpaired) electrons.